The largest absolute Gasteiger partial charge is 0.325 e. The standard InChI is InChI=1S/C14H15BrN4O2S/c1-2-13-18-19-14(22-13)17-12(21)8-7-11(20)16-10-6-4-3-5-9(10)15/h3-6H,2,7-8H2,1H3,(H,16,20)(H,17,19,21). The molecule has 0 radical (unpaired) electrons. The van der Waals surface area contributed by atoms with Crippen molar-refractivity contribution in [2.75, 3.05) is 10.6 Å². The molecular formula is C14H15BrN4O2S. The summed E-state index contributed by atoms with van der Waals surface area (Å²) in [5.74, 6) is -0.463. The number of amides is 2. The summed E-state index contributed by atoms with van der Waals surface area (Å²) in [6.45, 7) is 1.97. The number of carbonyl (C=O) groups excluding carboxylic acids is 2. The molecule has 8 heteroatoms. The van der Waals surface area contributed by atoms with E-state index in [2.05, 4.69) is 36.8 Å². The molecule has 2 rings (SSSR count). The molecule has 0 spiro atoms. The van der Waals surface area contributed by atoms with Crippen molar-refractivity contribution < 1.29 is 9.59 Å². The van der Waals surface area contributed by atoms with Gasteiger partial charge in [0.2, 0.25) is 16.9 Å². The molecule has 2 aromatic rings. The van der Waals surface area contributed by atoms with Crippen LogP contribution in [0.4, 0.5) is 10.8 Å². The van der Waals surface area contributed by atoms with Crippen molar-refractivity contribution in [3.8, 4) is 0 Å². The normalized spacial score (nSPS) is 10.3. The van der Waals surface area contributed by atoms with Gasteiger partial charge in [-0.1, -0.05) is 30.4 Å². The molecule has 2 amide bonds. The van der Waals surface area contributed by atoms with Crippen LogP contribution >= 0.6 is 27.3 Å². The summed E-state index contributed by atoms with van der Waals surface area (Å²) in [7, 11) is 0. The Hall–Kier alpha value is -1.80. The number of aryl methyl sites for hydroxylation is 1. The van der Waals surface area contributed by atoms with E-state index in [4.69, 9.17) is 0 Å². The van der Waals surface area contributed by atoms with Crippen LogP contribution in [0.15, 0.2) is 28.7 Å². The van der Waals surface area contributed by atoms with Gasteiger partial charge in [0.25, 0.3) is 0 Å². The molecule has 0 unspecified atom stereocenters. The van der Waals surface area contributed by atoms with Gasteiger partial charge < -0.3 is 10.6 Å². The molecule has 0 aliphatic carbocycles. The second-order valence-corrected chi connectivity index (χ2v) is 6.35. The van der Waals surface area contributed by atoms with Gasteiger partial charge in [0.05, 0.1) is 5.69 Å². The van der Waals surface area contributed by atoms with E-state index in [1.165, 1.54) is 11.3 Å². The molecule has 1 heterocycles. The average Bonchev–Trinajstić information content (AvgIpc) is 2.95. The first-order valence-corrected chi connectivity index (χ1v) is 8.36. The monoisotopic (exact) mass is 382 g/mol. The van der Waals surface area contributed by atoms with Gasteiger partial charge in [-0.2, -0.15) is 0 Å². The smallest absolute Gasteiger partial charge is 0.226 e. The zero-order valence-electron chi connectivity index (χ0n) is 11.9. The van der Waals surface area contributed by atoms with Crippen molar-refractivity contribution in [2.45, 2.75) is 26.2 Å². The van der Waals surface area contributed by atoms with Crippen LogP contribution in [-0.4, -0.2) is 22.0 Å². The van der Waals surface area contributed by atoms with E-state index in [0.717, 1.165) is 15.9 Å². The number of hydrogen-bond donors (Lipinski definition) is 2. The topological polar surface area (TPSA) is 84.0 Å². The molecule has 0 bridgehead atoms. The molecule has 1 aromatic heterocycles. The number of aromatic nitrogens is 2. The van der Waals surface area contributed by atoms with E-state index >= 15 is 0 Å². The second kappa shape index (κ2) is 8.00. The van der Waals surface area contributed by atoms with Crippen LogP contribution in [0.3, 0.4) is 0 Å². The van der Waals surface area contributed by atoms with Gasteiger partial charge in [-0.3, -0.25) is 9.59 Å². The molecule has 116 valence electrons. The zero-order valence-corrected chi connectivity index (χ0v) is 14.3. The second-order valence-electron chi connectivity index (χ2n) is 4.43. The summed E-state index contributed by atoms with van der Waals surface area (Å²) in [6.07, 6.45) is 0.978. The van der Waals surface area contributed by atoms with Crippen LogP contribution in [-0.2, 0) is 16.0 Å². The number of benzene rings is 1. The van der Waals surface area contributed by atoms with Crippen molar-refractivity contribution in [1.29, 1.82) is 0 Å². The van der Waals surface area contributed by atoms with Crippen molar-refractivity contribution in [3.05, 3.63) is 33.7 Å². The summed E-state index contributed by atoms with van der Waals surface area (Å²) in [4.78, 5) is 23.6. The lowest BCUT2D eigenvalue weighted by molar-refractivity contribution is -0.121. The maximum atomic E-state index is 11.8. The molecule has 0 saturated carbocycles. The number of anilines is 2. The molecule has 0 aliphatic heterocycles. The molecule has 1 aromatic carbocycles. The first-order chi connectivity index (χ1) is 10.6. The van der Waals surface area contributed by atoms with Gasteiger partial charge in [0.15, 0.2) is 0 Å². The fourth-order valence-corrected chi connectivity index (χ4v) is 2.71. The van der Waals surface area contributed by atoms with E-state index in [9.17, 15) is 9.59 Å². The summed E-state index contributed by atoms with van der Waals surface area (Å²) in [6, 6.07) is 7.31. The number of nitrogens with zero attached hydrogens (tertiary/aromatic N) is 2. The maximum Gasteiger partial charge on any atom is 0.226 e. The Morgan fingerprint density at radius 3 is 2.45 bits per heavy atom. The van der Waals surface area contributed by atoms with E-state index < -0.39 is 0 Å². The molecule has 22 heavy (non-hydrogen) atoms. The minimum atomic E-state index is -0.249. The van der Waals surface area contributed by atoms with Gasteiger partial charge in [-0.25, -0.2) is 0 Å². The third-order valence-corrected chi connectivity index (χ3v) is 4.42. The average molecular weight is 383 g/mol. The zero-order chi connectivity index (χ0) is 15.9. The van der Waals surface area contributed by atoms with Gasteiger partial charge >= 0.3 is 0 Å². The molecule has 0 aliphatic rings. The van der Waals surface area contributed by atoms with Crippen LogP contribution in [0, 0.1) is 0 Å². The number of para-hydroxylation sites is 1. The number of nitrogens with one attached hydrogen (secondary N) is 2. The lowest BCUT2D eigenvalue weighted by Gasteiger charge is -2.06. The number of halogens is 1. The summed E-state index contributed by atoms with van der Waals surface area (Å²) >= 11 is 4.69. The van der Waals surface area contributed by atoms with Crippen molar-refractivity contribution in [2.24, 2.45) is 0 Å². The third-order valence-electron chi connectivity index (χ3n) is 2.74. The first-order valence-electron chi connectivity index (χ1n) is 6.75. The highest BCUT2D eigenvalue weighted by Gasteiger charge is 2.11. The van der Waals surface area contributed by atoms with Gasteiger partial charge in [0, 0.05) is 17.3 Å². The van der Waals surface area contributed by atoms with Gasteiger partial charge in [0.1, 0.15) is 5.01 Å². The Kier molecular flexibility index (Phi) is 6.02. The van der Waals surface area contributed by atoms with Crippen LogP contribution < -0.4 is 10.6 Å². The van der Waals surface area contributed by atoms with Crippen molar-refractivity contribution >= 4 is 49.9 Å². The Balaban J connectivity index is 1.78. The Bertz CT molecular complexity index is 674. The van der Waals surface area contributed by atoms with Crippen molar-refractivity contribution in [1.82, 2.24) is 10.2 Å². The summed E-state index contributed by atoms with van der Waals surface area (Å²) < 4.78 is 0.800. The third kappa shape index (κ3) is 4.88. The molecular weight excluding hydrogens is 368 g/mol. The van der Waals surface area contributed by atoms with E-state index in [1.54, 1.807) is 6.07 Å². The van der Waals surface area contributed by atoms with Gasteiger partial charge in [-0.05, 0) is 34.5 Å². The highest BCUT2D eigenvalue weighted by atomic mass is 79.9. The number of hydrogen-bond acceptors (Lipinski definition) is 5. The Morgan fingerprint density at radius 1 is 1.14 bits per heavy atom. The number of rotatable bonds is 6. The van der Waals surface area contributed by atoms with E-state index in [-0.39, 0.29) is 24.7 Å². The predicted molar refractivity (Wildman–Crippen MR) is 89.9 cm³/mol. The quantitative estimate of drug-likeness (QED) is 0.802. The Labute approximate surface area is 140 Å². The lowest BCUT2D eigenvalue weighted by Crippen LogP contribution is -2.17. The van der Waals surface area contributed by atoms with Gasteiger partial charge in [-0.15, -0.1) is 10.2 Å². The fraction of sp³-hybridized carbons (Fsp3) is 0.286. The minimum Gasteiger partial charge on any atom is -0.325 e. The molecule has 0 fully saturated rings. The summed E-state index contributed by atoms with van der Waals surface area (Å²) in [5.41, 5.74) is 0.685. The minimum absolute atomic E-state index is 0.0946. The molecule has 0 saturated heterocycles. The van der Waals surface area contributed by atoms with E-state index in [0.29, 0.717) is 10.8 Å². The predicted octanol–water partition coefficient (Wildman–Crippen LogP) is 3.22. The van der Waals surface area contributed by atoms with Crippen LogP contribution in [0.1, 0.15) is 24.8 Å². The SMILES string of the molecule is CCc1nnc(NC(=O)CCC(=O)Nc2ccccc2Br)s1. The molecule has 2 N–H and O–H groups in total. The first kappa shape index (κ1) is 16.6. The van der Waals surface area contributed by atoms with Crippen LogP contribution in [0.5, 0.6) is 0 Å². The number of carbonyl (C=O) groups is 2. The highest BCUT2D eigenvalue weighted by Crippen LogP contribution is 2.21. The Morgan fingerprint density at radius 2 is 1.82 bits per heavy atom. The van der Waals surface area contributed by atoms with Crippen LogP contribution in [0.2, 0.25) is 0 Å². The molecule has 6 nitrogen and oxygen atoms in total. The highest BCUT2D eigenvalue weighted by molar-refractivity contribution is 9.10. The molecule has 0 atom stereocenters. The van der Waals surface area contributed by atoms with Crippen molar-refractivity contribution in [3.63, 3.8) is 0 Å². The lowest BCUT2D eigenvalue weighted by atomic mass is 10.2. The van der Waals surface area contributed by atoms with Crippen LogP contribution in [0.25, 0.3) is 0 Å². The van der Waals surface area contributed by atoms with E-state index in [1.807, 2.05) is 25.1 Å². The fourth-order valence-electron chi connectivity index (χ4n) is 1.63. The summed E-state index contributed by atoms with van der Waals surface area (Å²) in [5, 5.41) is 14.5. The maximum absolute atomic E-state index is 11.8.